The van der Waals surface area contributed by atoms with E-state index in [9.17, 15) is 0 Å². The SMILES string of the molecule is [B][11B]C1[11B]([B])C1([11B][B])Cc1cc(CC2([11B][B])[11B]([B])C2[11B][B])cc(Oc2ccc3c(c2)-c2nc-3nc3[nH]c(nc4nc(nc5[nH]c(n2)c2ccc(Oc6cc(CC7([11B][B])[11B]([B])C7[11B][B])cc(CC7([11B][B])[11B]([B])C7[11B][B])c6)cc52)-c2cc(Oc5cc(CC6([11B][B])[11B]([B])C6[11B][B])cc(CC6([11B][B])[11B]([B])C6[11B][B])c5)ccc2-4)c2cc(Oc4cc(CC5([11B][B])[11B]([B])C5[11B][B])cc(CC5([11B][B])[11B]([B])C5[11B][B])c4)ccc32)c1. The molecule has 3 aromatic heterocycles. The van der Waals surface area contributed by atoms with Crippen LogP contribution in [-0.4, -0.2) is 393 Å². The molecule has 8 saturated heterocycles. The van der Waals surface area contributed by atoms with Gasteiger partial charge >= 0.3 is 0 Å². The molecule has 64 radical (unpaired) electrons. The highest BCUT2D eigenvalue weighted by Crippen LogP contribution is 2.69. The number of ether oxygens (including phenoxy) is 4. The second-order valence-electron chi connectivity index (χ2n) is 40.4. The predicted octanol–water partition coefficient (Wildman–Crippen LogP) is 0.575. The van der Waals surface area contributed by atoms with Crippen LogP contribution in [0.1, 0.15) is 44.5 Å². The fourth-order valence-corrected chi connectivity index (χ4v) is 24.0. The number of fused-ring (bicyclic) bond motifs is 20. The van der Waals surface area contributed by atoms with E-state index in [1.54, 1.807) is 115 Å². The molecule has 0 aliphatic carbocycles. The van der Waals surface area contributed by atoms with Gasteiger partial charge in [0.15, 0.2) is 23.3 Å². The van der Waals surface area contributed by atoms with Gasteiger partial charge in [0, 0.05) is 287 Å². The summed E-state index contributed by atoms with van der Waals surface area (Å²) in [5.41, 5.74) is 9.38. The minimum atomic E-state index is -0.627. The molecular weight excluding hydrogens is 1660 g/mol. The normalized spacial score (nSPS) is 27.3. The number of H-pyrrole nitrogens is 2. The third-order valence-corrected chi connectivity index (χ3v) is 33.1. The van der Waals surface area contributed by atoms with Gasteiger partial charge in [-0.2, -0.15) is 0 Å². The van der Waals surface area contributed by atoms with Crippen LogP contribution < -0.4 is 18.9 Å². The molecule has 2 N–H and O–H groups in total. The van der Waals surface area contributed by atoms with Crippen LogP contribution >= 0.6 is 0 Å². The number of nitrogens with zero attached hydrogens (tertiary/aromatic N) is 6. The van der Waals surface area contributed by atoms with Crippen molar-refractivity contribution >= 4 is 397 Å². The summed E-state index contributed by atoms with van der Waals surface area (Å²) >= 11 is 0. The smallest absolute Gasteiger partial charge is 0.164 e. The number of benzene rings is 8. The monoisotopic (exact) mass is 1710 g/mol. The van der Waals surface area contributed by atoms with Crippen molar-refractivity contribution in [3.8, 4) is 91.5 Å². The Morgan fingerprint density at radius 1 is 0.214 bits per heavy atom. The Morgan fingerprint density at radius 2 is 0.400 bits per heavy atom. The van der Waals surface area contributed by atoms with Gasteiger partial charge in [-0.05, 0) is 217 Å². The van der Waals surface area contributed by atoms with Crippen LogP contribution in [0.25, 0.3) is 89.7 Å². The van der Waals surface area contributed by atoms with Gasteiger partial charge in [-0.15, -0.1) is 87.4 Å². The quantitative estimate of drug-likeness (QED) is 0.0524. The molecule has 16 unspecified atom stereocenters. The molecule has 13 heterocycles. The number of hydrogen-bond donors (Lipinski definition) is 2. The highest BCUT2D eigenvalue weighted by molar-refractivity contribution is 7.34. The molecule has 16 atom stereocenters. The van der Waals surface area contributed by atoms with Gasteiger partial charge < -0.3 is 28.9 Å². The third-order valence-electron chi connectivity index (χ3n) is 33.1. The number of aromatic nitrogens is 8. The molecule has 11 aromatic rings. The van der Waals surface area contributed by atoms with Crippen LogP contribution in [0.5, 0.6) is 46.0 Å². The first-order valence-electron chi connectivity index (χ1n) is 47.1. The minimum absolute atomic E-state index is 0.166. The van der Waals surface area contributed by atoms with Crippen molar-refractivity contribution < 1.29 is 18.9 Å². The Balaban J connectivity index is 0.752. The van der Waals surface area contributed by atoms with Crippen LogP contribution in [0.3, 0.4) is 0 Å². The molecule has 10 aliphatic rings. The maximum atomic E-state index is 7.12. The standard InChI is InChI=1S/C80H50B48N8O4/c81-105-65-73(113-89,121(65)97)25-33-9-34(26-74(114-90)66(106-82)122(74)98)14-45(13-33)137-41-1-5-49-53(21-41)61-130-57(49)129-58-50-6-2-42(138-46-15-35(27-75(115-91)67(107-83)123(75)99)10-36(16-46)28-76(116-92)68(108-84)124(76)100)22-54(50)62(131-58)133-60-52-8-4-44(140-48-19-39(31-79(119-95)71(111-87)127(79)103)12-40(20-48)32-80(120-96)72(112-88)128(80)104)24-56(52)64(135-60)136-63-55-23-43(3-7-51(55)59(132-61)134-63)139-47-17-37(29-77(117-93)69(109-85)125(77)101)11-38(18-47)30-78(118-94)70(110-86)126(78)102/h1-24,65-72H,25-32H2,(H2,129,130,131,132,133,134,135,136)/i105+0,106+0,107+0,108+0,109+0,110+0,111+0,112+0,113+0,114+0,115+0,116+0,117+0,118+0,119+0,120+0,121+0,122+0,123+0,124+0,125+0,126+0,127+0,128+0. The van der Waals surface area contributed by atoms with E-state index in [1.807, 2.05) is 121 Å². The van der Waals surface area contributed by atoms with Gasteiger partial charge in [0.1, 0.15) is 68.6 Å². The van der Waals surface area contributed by atoms with Crippen LogP contribution in [0.2, 0.25) is 87.4 Å². The van der Waals surface area contributed by atoms with Gasteiger partial charge in [0.25, 0.3) is 0 Å². The summed E-state index contributed by atoms with van der Waals surface area (Å²) in [6, 6.07) is 46.9. The zero-order chi connectivity index (χ0) is 98.1. The van der Waals surface area contributed by atoms with E-state index in [0.29, 0.717) is 164 Å². The fourth-order valence-electron chi connectivity index (χ4n) is 24.0. The van der Waals surface area contributed by atoms with Crippen molar-refractivity contribution in [2.75, 3.05) is 0 Å². The van der Waals surface area contributed by atoms with Crippen molar-refractivity contribution in [2.24, 2.45) is 0 Å². The third kappa shape index (κ3) is 16.7. The van der Waals surface area contributed by atoms with Crippen molar-refractivity contribution in [3.63, 3.8) is 0 Å². The Labute approximate surface area is 869 Å². The zero-order valence-corrected chi connectivity index (χ0v) is 77.2. The predicted molar refractivity (Wildman–Crippen MR) is 619 cm³/mol. The lowest BCUT2D eigenvalue weighted by Gasteiger charge is -2.22. The van der Waals surface area contributed by atoms with Gasteiger partial charge in [0.05, 0.1) is 110 Å². The maximum absolute atomic E-state index is 7.12. The molecule has 12 nitrogen and oxygen atoms in total. The average molecular weight is 1710 g/mol. The van der Waals surface area contributed by atoms with E-state index >= 15 is 0 Å². The number of aromatic amines is 2. The summed E-state index contributed by atoms with van der Waals surface area (Å²) < 4.78 is 28.4. The van der Waals surface area contributed by atoms with Crippen LogP contribution in [-0.2, 0) is 51.4 Å². The highest BCUT2D eigenvalue weighted by atomic mass is 16.5. The topological polar surface area (TPSA) is 146 Å². The molecule has 21 rings (SSSR count). The Bertz CT molecular complexity index is 6720. The second kappa shape index (κ2) is 38.0. The minimum Gasteiger partial charge on any atom is -0.457 e. The number of nitrogens with one attached hydrogen (secondary N) is 2. The van der Waals surface area contributed by atoms with Gasteiger partial charge in [-0.25, -0.2) is 29.9 Å². The summed E-state index contributed by atoms with van der Waals surface area (Å²) in [6.45, 7) is -2.54. The Morgan fingerprint density at radius 3 is 0.593 bits per heavy atom. The van der Waals surface area contributed by atoms with Gasteiger partial charge in [-0.3, -0.25) is 0 Å². The molecule has 10 aliphatic heterocycles. The Kier molecular flexibility index (Phi) is 27.0. The lowest BCUT2D eigenvalue weighted by Crippen LogP contribution is -2.17. The molecule has 0 amide bonds. The molecule has 8 fully saturated rings. The second-order valence-corrected chi connectivity index (χ2v) is 40.4. The van der Waals surface area contributed by atoms with E-state index in [0.717, 1.165) is 44.5 Å². The van der Waals surface area contributed by atoms with Crippen molar-refractivity contribution in [1.82, 2.24) is 39.9 Å². The van der Waals surface area contributed by atoms with Crippen molar-refractivity contribution in [3.05, 3.63) is 190 Å². The van der Waals surface area contributed by atoms with Gasteiger partial charge in [0.2, 0.25) is 0 Å². The van der Waals surface area contributed by atoms with Crippen molar-refractivity contribution in [2.45, 2.75) is 139 Å². The molecule has 0 saturated carbocycles. The van der Waals surface area contributed by atoms with E-state index in [2.05, 4.69) is 34.2 Å². The number of hydrogen-bond acceptors (Lipinski definition) is 10. The van der Waals surface area contributed by atoms with E-state index < -0.39 is 41.7 Å². The first-order valence-corrected chi connectivity index (χ1v) is 47.1. The first-order chi connectivity index (χ1) is 67.5. The largest absolute Gasteiger partial charge is 0.457 e. The summed E-state index contributed by atoms with van der Waals surface area (Å²) in [4.78, 5) is 40.4. The summed E-state index contributed by atoms with van der Waals surface area (Å²) in [6.07, 6.45) is 3.57. The average Bonchev–Trinajstić information content (AvgIpc) is 1.57. The summed E-state index contributed by atoms with van der Waals surface area (Å²) in [7, 11) is 182. The molecule has 60 heteroatoms. The van der Waals surface area contributed by atoms with Crippen molar-refractivity contribution in [1.29, 1.82) is 0 Å². The van der Waals surface area contributed by atoms with Crippen LogP contribution in [0.15, 0.2) is 146 Å². The first kappa shape index (κ1) is 99.4. The molecular formula is C80H50B48N8O4. The number of rotatable bonds is 40. The maximum Gasteiger partial charge on any atom is 0.164 e. The zero-order valence-electron chi connectivity index (χ0n) is 77.2. The van der Waals surface area contributed by atoms with Crippen LogP contribution in [0.4, 0.5) is 0 Å². The Hall–Kier alpha value is -6.56. The fraction of sp³-hybridized carbons (Fsp3) is 0.300. The molecule has 578 valence electrons. The highest BCUT2D eigenvalue weighted by Gasteiger charge is 2.65. The summed E-state index contributed by atoms with van der Waals surface area (Å²) in [5.74, 6) is 4.70. The molecule has 140 heavy (non-hydrogen) atoms. The van der Waals surface area contributed by atoms with E-state index in [-0.39, 0.29) is 122 Å². The molecule has 0 spiro atoms. The van der Waals surface area contributed by atoms with E-state index in [1.165, 1.54) is 0 Å². The molecule has 8 bridgehead atoms. The lowest BCUT2D eigenvalue weighted by atomic mass is 9.38. The van der Waals surface area contributed by atoms with Crippen LogP contribution in [0, 0.1) is 0 Å². The molecule has 8 aromatic carbocycles. The lowest BCUT2D eigenvalue weighted by molar-refractivity contribution is 0.481. The summed E-state index contributed by atoms with van der Waals surface area (Å²) in [5, 5.41) is -2.60. The van der Waals surface area contributed by atoms with E-state index in [4.69, 9.17) is 235 Å². The van der Waals surface area contributed by atoms with Gasteiger partial charge in [-0.1, -0.05) is 24.3 Å².